The van der Waals surface area contributed by atoms with E-state index in [0.717, 1.165) is 39.0 Å². The van der Waals surface area contributed by atoms with Crippen molar-refractivity contribution in [3.63, 3.8) is 0 Å². The Bertz CT molecular complexity index is 201. The van der Waals surface area contributed by atoms with Crippen LogP contribution >= 0.6 is 0 Å². The molecule has 2 saturated heterocycles. The van der Waals surface area contributed by atoms with Crippen LogP contribution in [0.15, 0.2) is 0 Å². The molecule has 0 N–H and O–H groups in total. The molecule has 2 aliphatic rings. The number of amides is 1. The Morgan fingerprint density at radius 3 is 2.54 bits per heavy atom. The summed E-state index contributed by atoms with van der Waals surface area (Å²) in [7, 11) is 0. The number of hydrogen-bond acceptors (Lipinski definition) is 2. The van der Waals surface area contributed by atoms with Crippen molar-refractivity contribution in [2.24, 2.45) is 0 Å². The number of carbonyl (C=O) groups excluding carboxylic acids is 1. The van der Waals surface area contributed by atoms with Crippen molar-refractivity contribution in [3.05, 3.63) is 0 Å². The van der Waals surface area contributed by atoms with E-state index < -0.39 is 0 Å². The predicted molar refractivity (Wildman–Crippen MR) is 49.4 cm³/mol. The number of ether oxygens (including phenoxy) is 1. The first kappa shape index (κ1) is 9.00. The molecule has 2 fully saturated rings. The van der Waals surface area contributed by atoms with Crippen LogP contribution in [-0.2, 0) is 9.53 Å². The zero-order valence-corrected chi connectivity index (χ0v) is 8.21. The molecule has 0 saturated carbocycles. The second kappa shape index (κ2) is 3.29. The van der Waals surface area contributed by atoms with Gasteiger partial charge in [-0.25, -0.2) is 0 Å². The third-order valence-corrected chi connectivity index (χ3v) is 3.04. The molecule has 3 heteroatoms. The summed E-state index contributed by atoms with van der Waals surface area (Å²) in [5.74, 6) is 0.318. The Morgan fingerprint density at radius 2 is 2.08 bits per heavy atom. The SMILES string of the molecule is CCCC(=O)N1CCC2(CC1)CO2. The van der Waals surface area contributed by atoms with Gasteiger partial charge in [0.05, 0.1) is 12.2 Å². The lowest BCUT2D eigenvalue weighted by atomic mass is 9.97. The monoisotopic (exact) mass is 183 g/mol. The molecular formula is C10H17NO2. The minimum Gasteiger partial charge on any atom is -0.369 e. The Labute approximate surface area is 79.0 Å². The van der Waals surface area contributed by atoms with Gasteiger partial charge in [-0.05, 0) is 19.3 Å². The molecule has 0 atom stereocenters. The van der Waals surface area contributed by atoms with Gasteiger partial charge in [-0.2, -0.15) is 0 Å². The first-order valence-corrected chi connectivity index (χ1v) is 5.17. The normalized spacial score (nSPS) is 24.8. The molecule has 1 amide bonds. The molecule has 0 aliphatic carbocycles. The van der Waals surface area contributed by atoms with Gasteiger partial charge in [0.15, 0.2) is 0 Å². The largest absolute Gasteiger partial charge is 0.369 e. The van der Waals surface area contributed by atoms with Gasteiger partial charge in [0.2, 0.25) is 5.91 Å². The lowest BCUT2D eigenvalue weighted by molar-refractivity contribution is -0.132. The van der Waals surface area contributed by atoms with Crippen molar-refractivity contribution < 1.29 is 9.53 Å². The van der Waals surface area contributed by atoms with E-state index >= 15 is 0 Å². The second-order valence-electron chi connectivity index (χ2n) is 4.10. The van der Waals surface area contributed by atoms with E-state index in [-0.39, 0.29) is 5.60 Å². The molecule has 0 aromatic rings. The topological polar surface area (TPSA) is 32.8 Å². The van der Waals surface area contributed by atoms with Crippen LogP contribution in [0.1, 0.15) is 32.6 Å². The summed E-state index contributed by atoms with van der Waals surface area (Å²) in [5, 5.41) is 0. The molecule has 2 rings (SSSR count). The number of hydrogen-bond donors (Lipinski definition) is 0. The molecule has 13 heavy (non-hydrogen) atoms. The predicted octanol–water partition coefficient (Wildman–Crippen LogP) is 1.18. The summed E-state index contributed by atoms with van der Waals surface area (Å²) < 4.78 is 5.39. The zero-order valence-electron chi connectivity index (χ0n) is 8.21. The van der Waals surface area contributed by atoms with Crippen molar-refractivity contribution in [3.8, 4) is 0 Å². The Balaban J connectivity index is 1.80. The summed E-state index contributed by atoms with van der Waals surface area (Å²) in [5.41, 5.74) is 0.197. The summed E-state index contributed by atoms with van der Waals surface area (Å²) in [6.45, 7) is 4.77. The van der Waals surface area contributed by atoms with Crippen molar-refractivity contribution in [1.29, 1.82) is 0 Å². The van der Waals surface area contributed by atoms with E-state index in [1.165, 1.54) is 0 Å². The van der Waals surface area contributed by atoms with Crippen LogP contribution in [0.25, 0.3) is 0 Å². The first-order valence-electron chi connectivity index (χ1n) is 5.17. The van der Waals surface area contributed by atoms with Gasteiger partial charge >= 0.3 is 0 Å². The van der Waals surface area contributed by atoms with Crippen LogP contribution in [0.5, 0.6) is 0 Å². The van der Waals surface area contributed by atoms with Gasteiger partial charge < -0.3 is 9.64 Å². The van der Waals surface area contributed by atoms with Crippen molar-refractivity contribution in [1.82, 2.24) is 4.90 Å². The van der Waals surface area contributed by atoms with Crippen LogP contribution in [-0.4, -0.2) is 36.1 Å². The van der Waals surface area contributed by atoms with Crippen molar-refractivity contribution in [2.75, 3.05) is 19.7 Å². The Hall–Kier alpha value is -0.570. The standard InChI is InChI=1S/C10H17NO2/c1-2-3-9(12)11-6-4-10(5-7-11)8-13-10/h2-8H2,1H3. The van der Waals surface area contributed by atoms with E-state index in [2.05, 4.69) is 0 Å². The molecule has 0 bridgehead atoms. The fourth-order valence-electron chi connectivity index (χ4n) is 1.93. The highest BCUT2D eigenvalue weighted by Gasteiger charge is 2.47. The number of rotatable bonds is 2. The van der Waals surface area contributed by atoms with Gasteiger partial charge in [-0.15, -0.1) is 0 Å². The Kier molecular flexibility index (Phi) is 2.28. The molecule has 0 aromatic carbocycles. The second-order valence-corrected chi connectivity index (χ2v) is 4.10. The van der Waals surface area contributed by atoms with Crippen LogP contribution in [0.3, 0.4) is 0 Å². The summed E-state index contributed by atoms with van der Waals surface area (Å²) >= 11 is 0. The molecule has 1 spiro atoms. The van der Waals surface area contributed by atoms with Gasteiger partial charge in [0, 0.05) is 19.5 Å². The third kappa shape index (κ3) is 1.85. The smallest absolute Gasteiger partial charge is 0.222 e. The molecule has 0 radical (unpaired) electrons. The number of carbonyl (C=O) groups is 1. The lowest BCUT2D eigenvalue weighted by Gasteiger charge is -2.30. The van der Waals surface area contributed by atoms with Crippen LogP contribution < -0.4 is 0 Å². The molecular weight excluding hydrogens is 166 g/mol. The number of epoxide rings is 1. The van der Waals surface area contributed by atoms with Crippen LogP contribution in [0.2, 0.25) is 0 Å². The van der Waals surface area contributed by atoms with E-state index in [9.17, 15) is 4.79 Å². The van der Waals surface area contributed by atoms with E-state index in [1.54, 1.807) is 0 Å². The van der Waals surface area contributed by atoms with Crippen LogP contribution in [0, 0.1) is 0 Å². The van der Waals surface area contributed by atoms with Crippen LogP contribution in [0.4, 0.5) is 0 Å². The summed E-state index contributed by atoms with van der Waals surface area (Å²) in [4.78, 5) is 13.5. The molecule has 74 valence electrons. The maximum absolute atomic E-state index is 11.5. The third-order valence-electron chi connectivity index (χ3n) is 3.04. The number of nitrogens with zero attached hydrogens (tertiary/aromatic N) is 1. The minimum absolute atomic E-state index is 0.197. The average molecular weight is 183 g/mol. The minimum atomic E-state index is 0.197. The first-order chi connectivity index (χ1) is 6.26. The van der Waals surface area contributed by atoms with E-state index in [4.69, 9.17) is 4.74 Å². The molecule has 0 unspecified atom stereocenters. The number of likely N-dealkylation sites (tertiary alicyclic amines) is 1. The van der Waals surface area contributed by atoms with Gasteiger partial charge in [-0.3, -0.25) is 4.79 Å². The van der Waals surface area contributed by atoms with E-state index in [0.29, 0.717) is 12.3 Å². The zero-order chi connectivity index (χ0) is 9.31. The average Bonchev–Trinajstić information content (AvgIpc) is 2.87. The highest BCUT2D eigenvalue weighted by molar-refractivity contribution is 5.76. The van der Waals surface area contributed by atoms with Gasteiger partial charge in [-0.1, -0.05) is 6.92 Å². The van der Waals surface area contributed by atoms with Gasteiger partial charge in [0.25, 0.3) is 0 Å². The maximum Gasteiger partial charge on any atom is 0.222 e. The van der Waals surface area contributed by atoms with Gasteiger partial charge in [0.1, 0.15) is 0 Å². The lowest BCUT2D eigenvalue weighted by Crippen LogP contribution is -2.41. The molecule has 0 aromatic heterocycles. The molecule has 2 heterocycles. The highest BCUT2D eigenvalue weighted by Crippen LogP contribution is 2.37. The summed E-state index contributed by atoms with van der Waals surface area (Å²) in [6, 6.07) is 0. The van der Waals surface area contributed by atoms with Crippen molar-refractivity contribution in [2.45, 2.75) is 38.2 Å². The maximum atomic E-state index is 11.5. The molecule has 2 aliphatic heterocycles. The fraction of sp³-hybridized carbons (Fsp3) is 0.900. The summed E-state index contributed by atoms with van der Waals surface area (Å²) in [6.07, 6.45) is 3.75. The van der Waals surface area contributed by atoms with Crippen molar-refractivity contribution >= 4 is 5.91 Å². The fourth-order valence-corrected chi connectivity index (χ4v) is 1.93. The molecule has 3 nitrogen and oxygen atoms in total. The highest BCUT2D eigenvalue weighted by atomic mass is 16.6. The number of piperidine rings is 1. The van der Waals surface area contributed by atoms with E-state index in [1.807, 2.05) is 11.8 Å². The quantitative estimate of drug-likeness (QED) is 0.602. The Morgan fingerprint density at radius 1 is 1.46 bits per heavy atom.